The predicted octanol–water partition coefficient (Wildman–Crippen LogP) is 3.21. The number of ether oxygens (including phenoxy) is 1. The zero-order valence-corrected chi connectivity index (χ0v) is 13.5. The number of carboxylic acids is 1. The maximum atomic E-state index is 12.8. The molecule has 1 N–H and O–H groups in total. The molecule has 120 valence electrons. The second kappa shape index (κ2) is 7.01. The van der Waals surface area contributed by atoms with Crippen LogP contribution in [-0.4, -0.2) is 40.6 Å². The average Bonchev–Trinajstić information content (AvgIpc) is 2.86. The van der Waals surface area contributed by atoms with Gasteiger partial charge in [0.15, 0.2) is 0 Å². The fourth-order valence-corrected chi connectivity index (χ4v) is 2.87. The smallest absolute Gasteiger partial charge is 0.305 e. The lowest BCUT2D eigenvalue weighted by atomic mass is 10.1. The van der Waals surface area contributed by atoms with Crippen LogP contribution in [0.15, 0.2) is 18.2 Å². The van der Waals surface area contributed by atoms with Crippen molar-refractivity contribution in [3.05, 3.63) is 28.8 Å². The van der Waals surface area contributed by atoms with Crippen molar-refractivity contribution in [2.24, 2.45) is 0 Å². The molecule has 0 aromatic heterocycles. The third-order valence-electron chi connectivity index (χ3n) is 3.58. The van der Waals surface area contributed by atoms with E-state index in [0.29, 0.717) is 29.3 Å². The molecule has 22 heavy (non-hydrogen) atoms. The van der Waals surface area contributed by atoms with Gasteiger partial charge in [-0.15, -0.1) is 0 Å². The molecule has 1 aliphatic rings. The maximum Gasteiger partial charge on any atom is 0.305 e. The molecule has 0 aliphatic carbocycles. The molecular formula is C16H20ClNO4. The van der Waals surface area contributed by atoms with Crippen molar-refractivity contribution in [1.29, 1.82) is 0 Å². The zero-order chi connectivity index (χ0) is 16.3. The lowest BCUT2D eigenvalue weighted by Gasteiger charge is -2.25. The van der Waals surface area contributed by atoms with E-state index in [4.69, 9.17) is 21.4 Å². The van der Waals surface area contributed by atoms with Crippen LogP contribution in [0.2, 0.25) is 5.02 Å². The summed E-state index contributed by atoms with van der Waals surface area (Å²) in [5.74, 6) is -0.637. The van der Waals surface area contributed by atoms with Crippen LogP contribution >= 0.6 is 11.6 Å². The van der Waals surface area contributed by atoms with Crippen LogP contribution in [0.25, 0.3) is 0 Å². The van der Waals surface area contributed by atoms with E-state index in [-0.39, 0.29) is 24.5 Å². The van der Waals surface area contributed by atoms with Gasteiger partial charge in [-0.1, -0.05) is 11.6 Å². The van der Waals surface area contributed by atoms with Crippen molar-refractivity contribution in [2.75, 3.05) is 6.54 Å². The molecular weight excluding hydrogens is 306 g/mol. The minimum Gasteiger partial charge on any atom is -0.490 e. The monoisotopic (exact) mass is 325 g/mol. The van der Waals surface area contributed by atoms with Gasteiger partial charge in [-0.25, -0.2) is 0 Å². The molecule has 1 aromatic carbocycles. The van der Waals surface area contributed by atoms with E-state index in [1.54, 1.807) is 23.1 Å². The number of hydrogen-bond acceptors (Lipinski definition) is 3. The summed E-state index contributed by atoms with van der Waals surface area (Å²) in [5, 5.41) is 9.43. The number of rotatable bonds is 5. The highest BCUT2D eigenvalue weighted by atomic mass is 35.5. The normalized spacial score (nSPS) is 17.8. The molecule has 1 amide bonds. The van der Waals surface area contributed by atoms with E-state index < -0.39 is 5.97 Å². The van der Waals surface area contributed by atoms with Gasteiger partial charge in [0.1, 0.15) is 5.75 Å². The van der Waals surface area contributed by atoms with Gasteiger partial charge in [-0.2, -0.15) is 0 Å². The largest absolute Gasteiger partial charge is 0.490 e. The van der Waals surface area contributed by atoms with Gasteiger partial charge in [0.2, 0.25) is 0 Å². The highest BCUT2D eigenvalue weighted by Gasteiger charge is 2.32. The maximum absolute atomic E-state index is 12.8. The molecule has 1 aromatic rings. The van der Waals surface area contributed by atoms with Gasteiger partial charge < -0.3 is 14.7 Å². The zero-order valence-electron chi connectivity index (χ0n) is 12.7. The Balaban J connectivity index is 2.27. The summed E-state index contributed by atoms with van der Waals surface area (Å²) in [6.07, 6.45) is 1.41. The van der Waals surface area contributed by atoms with Crippen molar-refractivity contribution in [3.63, 3.8) is 0 Å². The van der Waals surface area contributed by atoms with Gasteiger partial charge in [-0.05, 0) is 44.9 Å². The first-order valence-corrected chi connectivity index (χ1v) is 7.75. The Kier molecular flexibility index (Phi) is 5.29. The fourth-order valence-electron chi connectivity index (χ4n) is 2.70. The molecule has 1 unspecified atom stereocenters. The Hall–Kier alpha value is -1.75. The molecule has 1 atom stereocenters. The van der Waals surface area contributed by atoms with E-state index in [9.17, 15) is 9.59 Å². The Morgan fingerprint density at radius 1 is 1.45 bits per heavy atom. The van der Waals surface area contributed by atoms with Gasteiger partial charge in [-0.3, -0.25) is 9.59 Å². The first kappa shape index (κ1) is 16.6. The molecule has 5 nitrogen and oxygen atoms in total. The van der Waals surface area contributed by atoms with Crippen molar-refractivity contribution in [3.8, 4) is 5.75 Å². The summed E-state index contributed by atoms with van der Waals surface area (Å²) in [6.45, 7) is 4.32. The highest BCUT2D eigenvalue weighted by Crippen LogP contribution is 2.29. The van der Waals surface area contributed by atoms with E-state index in [0.717, 1.165) is 6.42 Å². The van der Waals surface area contributed by atoms with Crippen molar-refractivity contribution < 1.29 is 19.4 Å². The standard InChI is InChI=1S/C16H20ClNO4/c1-10(2)22-14-6-5-11(17)8-13(14)16(21)18-7-3-4-12(18)9-15(19)20/h5-6,8,10,12H,3-4,7,9H2,1-2H3,(H,19,20). The van der Waals surface area contributed by atoms with E-state index in [2.05, 4.69) is 0 Å². The number of aliphatic carboxylic acids is 1. The minimum absolute atomic E-state index is 0.0350. The van der Waals surface area contributed by atoms with Crippen LogP contribution in [0.1, 0.15) is 43.5 Å². The van der Waals surface area contributed by atoms with Gasteiger partial charge in [0, 0.05) is 17.6 Å². The number of amides is 1. The molecule has 1 saturated heterocycles. The molecule has 6 heteroatoms. The predicted molar refractivity (Wildman–Crippen MR) is 83.5 cm³/mol. The number of carboxylic acid groups (broad SMARTS) is 1. The molecule has 1 aliphatic heterocycles. The van der Waals surface area contributed by atoms with Crippen LogP contribution in [0.5, 0.6) is 5.75 Å². The minimum atomic E-state index is -0.894. The summed E-state index contributed by atoms with van der Waals surface area (Å²) in [7, 11) is 0. The van der Waals surface area contributed by atoms with E-state index in [1.165, 1.54) is 0 Å². The lowest BCUT2D eigenvalue weighted by molar-refractivity contribution is -0.137. The second-order valence-electron chi connectivity index (χ2n) is 5.70. The average molecular weight is 326 g/mol. The SMILES string of the molecule is CC(C)Oc1ccc(Cl)cc1C(=O)N1CCCC1CC(=O)O. The van der Waals surface area contributed by atoms with Crippen molar-refractivity contribution in [1.82, 2.24) is 4.90 Å². The van der Waals surface area contributed by atoms with Gasteiger partial charge in [0.25, 0.3) is 5.91 Å². The summed E-state index contributed by atoms with van der Waals surface area (Å²) >= 11 is 6.00. The van der Waals surface area contributed by atoms with Crippen LogP contribution < -0.4 is 4.74 Å². The Bertz CT molecular complexity index is 573. The van der Waals surface area contributed by atoms with E-state index >= 15 is 0 Å². The first-order valence-electron chi connectivity index (χ1n) is 7.37. The van der Waals surface area contributed by atoms with Gasteiger partial charge >= 0.3 is 5.97 Å². The summed E-state index contributed by atoms with van der Waals surface area (Å²) in [6, 6.07) is 4.67. The van der Waals surface area contributed by atoms with Crippen LogP contribution in [0, 0.1) is 0 Å². The molecule has 0 radical (unpaired) electrons. The molecule has 0 bridgehead atoms. The topological polar surface area (TPSA) is 66.8 Å². The van der Waals surface area contributed by atoms with Crippen LogP contribution in [0.3, 0.4) is 0 Å². The number of hydrogen-bond donors (Lipinski definition) is 1. The van der Waals surface area contributed by atoms with Crippen molar-refractivity contribution in [2.45, 2.75) is 45.3 Å². The van der Waals surface area contributed by atoms with Gasteiger partial charge in [0.05, 0.1) is 18.1 Å². The molecule has 1 fully saturated rings. The van der Waals surface area contributed by atoms with E-state index in [1.807, 2.05) is 13.8 Å². The Labute approximate surface area is 134 Å². The number of nitrogens with zero attached hydrogens (tertiary/aromatic N) is 1. The number of benzene rings is 1. The third-order valence-corrected chi connectivity index (χ3v) is 3.82. The van der Waals surface area contributed by atoms with Crippen LogP contribution in [-0.2, 0) is 4.79 Å². The summed E-state index contributed by atoms with van der Waals surface area (Å²) < 4.78 is 5.67. The number of likely N-dealkylation sites (tertiary alicyclic amines) is 1. The van der Waals surface area contributed by atoms with Crippen molar-refractivity contribution >= 4 is 23.5 Å². The highest BCUT2D eigenvalue weighted by molar-refractivity contribution is 6.31. The summed E-state index contributed by atoms with van der Waals surface area (Å²) in [4.78, 5) is 25.3. The van der Waals surface area contributed by atoms with Crippen LogP contribution in [0.4, 0.5) is 0 Å². The molecule has 1 heterocycles. The Morgan fingerprint density at radius 3 is 2.82 bits per heavy atom. The summed E-state index contributed by atoms with van der Waals surface area (Å²) in [5.41, 5.74) is 0.387. The molecule has 0 saturated carbocycles. The number of carbonyl (C=O) groups is 2. The third kappa shape index (κ3) is 3.91. The first-order chi connectivity index (χ1) is 10.4. The second-order valence-corrected chi connectivity index (χ2v) is 6.14. The Morgan fingerprint density at radius 2 is 2.18 bits per heavy atom. The quantitative estimate of drug-likeness (QED) is 0.902. The number of carbonyl (C=O) groups excluding carboxylic acids is 1. The number of halogens is 1. The fraction of sp³-hybridized carbons (Fsp3) is 0.500. The molecule has 2 rings (SSSR count). The molecule has 0 spiro atoms. The lowest BCUT2D eigenvalue weighted by Crippen LogP contribution is -2.37.